The molecule has 0 unspecified atom stereocenters. The van der Waals surface area contributed by atoms with Gasteiger partial charge in [0.1, 0.15) is 6.04 Å². The fraction of sp³-hybridized carbons (Fsp3) is 0.333. The number of nitrogens with zero attached hydrogens (tertiary/aromatic N) is 1. The first kappa shape index (κ1) is 20.0. The topological polar surface area (TPSA) is 49.4 Å². The second-order valence-corrected chi connectivity index (χ2v) is 6.76. The number of nitrogens with one attached hydrogen (secondary N) is 1. The number of hydrogen-bond acceptors (Lipinski definition) is 2. The molecular formula is C21H25ClN2O2. The summed E-state index contributed by atoms with van der Waals surface area (Å²) in [6.45, 7) is 6.56. The van der Waals surface area contributed by atoms with Gasteiger partial charge in [-0.05, 0) is 49.6 Å². The normalized spacial score (nSPS) is 11.7. The molecule has 2 rings (SSSR count). The van der Waals surface area contributed by atoms with E-state index in [4.69, 9.17) is 11.6 Å². The number of benzene rings is 2. The molecule has 0 heterocycles. The van der Waals surface area contributed by atoms with E-state index >= 15 is 0 Å². The molecule has 0 saturated heterocycles. The lowest BCUT2D eigenvalue weighted by atomic mass is 10.1. The number of carbonyl (C=O) groups excluding carboxylic acids is 2. The van der Waals surface area contributed by atoms with Gasteiger partial charge in [-0.3, -0.25) is 9.59 Å². The van der Waals surface area contributed by atoms with Crippen molar-refractivity contribution in [3.63, 3.8) is 0 Å². The first-order valence-electron chi connectivity index (χ1n) is 8.78. The van der Waals surface area contributed by atoms with Crippen LogP contribution in [-0.2, 0) is 22.6 Å². The third kappa shape index (κ3) is 5.33. The fourth-order valence-corrected chi connectivity index (χ4v) is 3.01. The van der Waals surface area contributed by atoms with Crippen molar-refractivity contribution in [2.45, 2.75) is 39.8 Å². The monoisotopic (exact) mass is 372 g/mol. The number of likely N-dealkylation sites (N-methyl/N-ethyl adjacent to an activating group) is 1. The summed E-state index contributed by atoms with van der Waals surface area (Å²) in [4.78, 5) is 27.0. The van der Waals surface area contributed by atoms with Crippen molar-refractivity contribution >= 4 is 23.4 Å². The minimum absolute atomic E-state index is 0.103. The molecule has 0 aliphatic rings. The van der Waals surface area contributed by atoms with E-state index in [1.54, 1.807) is 24.0 Å². The minimum Gasteiger partial charge on any atom is -0.355 e. The zero-order chi connectivity index (χ0) is 19.1. The molecule has 0 aliphatic heterocycles. The molecule has 0 aromatic heterocycles. The number of rotatable bonds is 7. The molecule has 2 aromatic rings. The van der Waals surface area contributed by atoms with E-state index in [9.17, 15) is 9.59 Å². The first-order valence-corrected chi connectivity index (χ1v) is 9.16. The maximum Gasteiger partial charge on any atom is 0.242 e. The van der Waals surface area contributed by atoms with Crippen LogP contribution in [-0.4, -0.2) is 29.3 Å². The maximum absolute atomic E-state index is 13.0. The molecule has 26 heavy (non-hydrogen) atoms. The quantitative estimate of drug-likeness (QED) is 0.804. The molecule has 0 aliphatic carbocycles. The van der Waals surface area contributed by atoms with Gasteiger partial charge in [0.15, 0.2) is 0 Å². The zero-order valence-corrected chi connectivity index (χ0v) is 16.2. The van der Waals surface area contributed by atoms with Crippen LogP contribution in [0.3, 0.4) is 0 Å². The summed E-state index contributed by atoms with van der Waals surface area (Å²) in [5, 5.41) is 3.40. The van der Waals surface area contributed by atoms with Gasteiger partial charge in [-0.25, -0.2) is 0 Å². The summed E-state index contributed by atoms with van der Waals surface area (Å²) >= 11 is 6.02. The van der Waals surface area contributed by atoms with Crippen LogP contribution in [0.15, 0.2) is 48.5 Å². The lowest BCUT2D eigenvalue weighted by Gasteiger charge is -2.29. The summed E-state index contributed by atoms with van der Waals surface area (Å²) in [6.07, 6.45) is 0.205. The number of carbonyl (C=O) groups is 2. The molecule has 0 fully saturated rings. The van der Waals surface area contributed by atoms with Crippen molar-refractivity contribution < 1.29 is 9.59 Å². The van der Waals surface area contributed by atoms with Gasteiger partial charge in [0, 0.05) is 18.1 Å². The van der Waals surface area contributed by atoms with Gasteiger partial charge < -0.3 is 10.2 Å². The predicted molar refractivity (Wildman–Crippen MR) is 105 cm³/mol. The minimum atomic E-state index is -0.554. The highest BCUT2D eigenvalue weighted by Gasteiger charge is 2.26. The Balaban J connectivity index is 2.25. The molecule has 0 saturated carbocycles. The molecule has 0 radical (unpaired) electrons. The first-order chi connectivity index (χ1) is 12.4. The lowest BCUT2D eigenvalue weighted by Crippen LogP contribution is -2.48. The molecule has 2 amide bonds. The van der Waals surface area contributed by atoms with E-state index in [0.717, 1.165) is 16.7 Å². The highest BCUT2D eigenvalue weighted by molar-refractivity contribution is 6.30. The van der Waals surface area contributed by atoms with E-state index in [0.29, 0.717) is 18.1 Å². The number of halogens is 1. The molecule has 1 N–H and O–H groups in total. The predicted octanol–water partition coefficient (Wildman–Crippen LogP) is 3.74. The molecule has 138 valence electrons. The Morgan fingerprint density at radius 1 is 1.15 bits per heavy atom. The van der Waals surface area contributed by atoms with Crippen LogP contribution in [0, 0.1) is 6.92 Å². The van der Waals surface area contributed by atoms with Crippen molar-refractivity contribution in [2.75, 3.05) is 6.54 Å². The second-order valence-electron chi connectivity index (χ2n) is 6.33. The Kier molecular flexibility index (Phi) is 7.22. The van der Waals surface area contributed by atoms with Gasteiger partial charge >= 0.3 is 0 Å². The summed E-state index contributed by atoms with van der Waals surface area (Å²) < 4.78 is 0. The Bertz CT molecular complexity index is 776. The largest absolute Gasteiger partial charge is 0.355 e. The third-order valence-corrected chi connectivity index (χ3v) is 4.60. The zero-order valence-electron chi connectivity index (χ0n) is 15.5. The highest BCUT2D eigenvalue weighted by Crippen LogP contribution is 2.17. The maximum atomic E-state index is 13.0. The second kappa shape index (κ2) is 9.39. The van der Waals surface area contributed by atoms with Gasteiger partial charge in [-0.15, -0.1) is 0 Å². The van der Waals surface area contributed by atoms with E-state index in [-0.39, 0.29) is 18.2 Å². The van der Waals surface area contributed by atoms with Gasteiger partial charge in [0.05, 0.1) is 6.42 Å². The van der Waals surface area contributed by atoms with Crippen LogP contribution in [0.2, 0.25) is 5.02 Å². The van der Waals surface area contributed by atoms with Gasteiger partial charge in [-0.2, -0.15) is 0 Å². The van der Waals surface area contributed by atoms with E-state index in [1.807, 2.05) is 50.2 Å². The summed E-state index contributed by atoms with van der Waals surface area (Å²) in [7, 11) is 0. The highest BCUT2D eigenvalue weighted by atomic mass is 35.5. The molecule has 5 heteroatoms. The smallest absolute Gasteiger partial charge is 0.242 e. The van der Waals surface area contributed by atoms with Crippen LogP contribution in [0.4, 0.5) is 0 Å². The Labute approximate surface area is 160 Å². The Morgan fingerprint density at radius 2 is 1.88 bits per heavy atom. The van der Waals surface area contributed by atoms with Crippen LogP contribution in [0.25, 0.3) is 0 Å². The van der Waals surface area contributed by atoms with E-state index < -0.39 is 6.04 Å². The molecule has 4 nitrogen and oxygen atoms in total. The van der Waals surface area contributed by atoms with Crippen molar-refractivity contribution in [3.8, 4) is 0 Å². The Morgan fingerprint density at radius 3 is 2.54 bits per heavy atom. The van der Waals surface area contributed by atoms with Crippen molar-refractivity contribution in [3.05, 3.63) is 70.2 Å². The summed E-state index contributed by atoms with van der Waals surface area (Å²) in [5.41, 5.74) is 2.96. The SMILES string of the molecule is CCNC(=O)[C@H](C)N(Cc1ccccc1C)C(=O)Cc1cccc(Cl)c1. The van der Waals surface area contributed by atoms with Crippen molar-refractivity contribution in [2.24, 2.45) is 0 Å². The van der Waals surface area contributed by atoms with Gasteiger partial charge in [0.2, 0.25) is 11.8 Å². The van der Waals surface area contributed by atoms with E-state index in [1.165, 1.54) is 0 Å². The number of hydrogen-bond donors (Lipinski definition) is 1. The van der Waals surface area contributed by atoms with E-state index in [2.05, 4.69) is 5.32 Å². The van der Waals surface area contributed by atoms with Gasteiger partial charge in [-0.1, -0.05) is 48.0 Å². The van der Waals surface area contributed by atoms with Crippen LogP contribution in [0.1, 0.15) is 30.5 Å². The summed E-state index contributed by atoms with van der Waals surface area (Å²) in [5.74, 6) is -0.255. The molecule has 0 bridgehead atoms. The number of aryl methyl sites for hydroxylation is 1. The van der Waals surface area contributed by atoms with Crippen LogP contribution < -0.4 is 5.32 Å². The number of amides is 2. The van der Waals surface area contributed by atoms with Crippen molar-refractivity contribution in [1.29, 1.82) is 0 Å². The lowest BCUT2D eigenvalue weighted by molar-refractivity contribution is -0.140. The Hall–Kier alpha value is -2.33. The summed E-state index contributed by atoms with van der Waals surface area (Å²) in [6, 6.07) is 14.6. The standard InChI is InChI=1S/C21H25ClN2O2/c1-4-23-21(26)16(3)24(14-18-10-6-5-8-15(18)2)20(25)13-17-9-7-11-19(22)12-17/h5-12,16H,4,13-14H2,1-3H3,(H,23,26)/t16-/m0/s1. The fourth-order valence-electron chi connectivity index (χ4n) is 2.80. The van der Waals surface area contributed by atoms with Crippen LogP contribution >= 0.6 is 11.6 Å². The average Bonchev–Trinajstić information content (AvgIpc) is 2.60. The molecule has 0 spiro atoms. The molecule has 2 aromatic carbocycles. The molecular weight excluding hydrogens is 348 g/mol. The third-order valence-electron chi connectivity index (χ3n) is 4.36. The van der Waals surface area contributed by atoms with Crippen molar-refractivity contribution in [1.82, 2.24) is 10.2 Å². The van der Waals surface area contributed by atoms with Gasteiger partial charge in [0.25, 0.3) is 0 Å². The average molecular weight is 373 g/mol. The van der Waals surface area contributed by atoms with Crippen LogP contribution in [0.5, 0.6) is 0 Å². The molecule has 1 atom stereocenters.